The SMILES string of the molecule is CNCCNCc1cccc(-c2nc(NC3CCOC(Cn4ncc(Br)c4-c4nc(-c5cccc(CNCCNC)c5)nc(NC5CCOCC5)c4C)C3)c(C)c(-c3c(C)nn(C)c3C)n2)c1. The van der Waals surface area contributed by atoms with Gasteiger partial charge in [0.15, 0.2) is 11.6 Å². The van der Waals surface area contributed by atoms with E-state index in [4.69, 9.17) is 39.6 Å². The van der Waals surface area contributed by atoms with Crippen LogP contribution in [0, 0.1) is 27.7 Å². The fourth-order valence-electron chi connectivity index (χ4n) is 8.99. The van der Waals surface area contributed by atoms with Crippen molar-refractivity contribution >= 4 is 27.6 Å². The molecular weight excluding hydrogens is 909 g/mol. The van der Waals surface area contributed by atoms with Crippen LogP contribution in [0.2, 0.25) is 0 Å². The zero-order chi connectivity index (χ0) is 46.9. The molecule has 17 heteroatoms. The molecule has 67 heavy (non-hydrogen) atoms. The average molecular weight is 976 g/mol. The number of hydrogen-bond acceptors (Lipinski definition) is 14. The number of aromatic nitrogens is 8. The van der Waals surface area contributed by atoms with Crippen molar-refractivity contribution in [3.8, 4) is 45.4 Å². The zero-order valence-electron chi connectivity index (χ0n) is 40.1. The molecule has 8 rings (SSSR count). The first-order valence-electron chi connectivity index (χ1n) is 23.7. The number of anilines is 2. The number of aryl methyl sites for hydroxylation is 2. The Morgan fingerprint density at radius 2 is 1.30 bits per heavy atom. The first kappa shape index (κ1) is 48.3. The highest BCUT2D eigenvalue weighted by Crippen LogP contribution is 2.37. The van der Waals surface area contributed by atoms with E-state index in [1.54, 1.807) is 0 Å². The average Bonchev–Trinajstić information content (AvgIpc) is 3.82. The third-order valence-electron chi connectivity index (χ3n) is 12.8. The van der Waals surface area contributed by atoms with Gasteiger partial charge in [-0.1, -0.05) is 36.4 Å². The Kier molecular flexibility index (Phi) is 16.4. The van der Waals surface area contributed by atoms with Crippen LogP contribution in [0.25, 0.3) is 45.4 Å². The summed E-state index contributed by atoms with van der Waals surface area (Å²) in [6.45, 7) is 16.0. The van der Waals surface area contributed by atoms with Crippen molar-refractivity contribution in [2.75, 3.05) is 70.7 Å². The molecule has 356 valence electrons. The Labute approximate surface area is 403 Å². The van der Waals surface area contributed by atoms with Crippen molar-refractivity contribution in [2.45, 2.75) is 91.2 Å². The van der Waals surface area contributed by atoms with Gasteiger partial charge in [0.2, 0.25) is 0 Å². The summed E-state index contributed by atoms with van der Waals surface area (Å²) in [7, 11) is 5.92. The molecule has 2 aliphatic rings. The second-order valence-corrected chi connectivity index (χ2v) is 18.6. The van der Waals surface area contributed by atoms with Gasteiger partial charge in [0.1, 0.15) is 17.3 Å². The summed E-state index contributed by atoms with van der Waals surface area (Å²) in [5, 5.41) is 30.8. The van der Waals surface area contributed by atoms with Gasteiger partial charge in [-0.25, -0.2) is 19.9 Å². The maximum atomic E-state index is 6.53. The predicted molar refractivity (Wildman–Crippen MR) is 270 cm³/mol. The van der Waals surface area contributed by atoms with Crippen molar-refractivity contribution in [1.82, 2.24) is 60.8 Å². The van der Waals surface area contributed by atoms with Crippen molar-refractivity contribution in [2.24, 2.45) is 7.05 Å². The number of nitrogens with zero attached hydrogens (tertiary/aromatic N) is 8. The maximum absolute atomic E-state index is 6.53. The molecule has 2 saturated heterocycles. The van der Waals surface area contributed by atoms with E-state index in [0.717, 1.165) is 151 Å². The number of nitrogens with one attached hydrogen (secondary N) is 6. The van der Waals surface area contributed by atoms with Gasteiger partial charge in [0, 0.05) is 112 Å². The Morgan fingerprint density at radius 1 is 0.716 bits per heavy atom. The quantitative estimate of drug-likeness (QED) is 0.0444. The smallest absolute Gasteiger partial charge is 0.162 e. The second kappa shape index (κ2) is 22.8. The summed E-state index contributed by atoms with van der Waals surface area (Å²) >= 11 is 3.89. The topological polar surface area (TPSA) is 178 Å². The summed E-state index contributed by atoms with van der Waals surface area (Å²) in [5.41, 5.74) is 11.9. The molecule has 6 heterocycles. The lowest BCUT2D eigenvalue weighted by atomic mass is 10.0. The van der Waals surface area contributed by atoms with Crippen LogP contribution in [0.4, 0.5) is 11.6 Å². The van der Waals surface area contributed by atoms with Crippen LogP contribution < -0.4 is 31.9 Å². The normalized spacial score (nSPS) is 16.7. The van der Waals surface area contributed by atoms with E-state index in [1.807, 2.05) is 36.7 Å². The van der Waals surface area contributed by atoms with Gasteiger partial charge < -0.3 is 41.4 Å². The Morgan fingerprint density at radius 3 is 1.90 bits per heavy atom. The minimum absolute atomic E-state index is 0.0944. The van der Waals surface area contributed by atoms with E-state index in [9.17, 15) is 0 Å². The van der Waals surface area contributed by atoms with Gasteiger partial charge in [0.05, 0.1) is 40.4 Å². The monoisotopic (exact) mass is 974 g/mol. The zero-order valence-corrected chi connectivity index (χ0v) is 41.7. The van der Waals surface area contributed by atoms with Crippen LogP contribution in [0.5, 0.6) is 0 Å². The van der Waals surface area contributed by atoms with E-state index in [0.29, 0.717) is 24.8 Å². The third-order valence-corrected chi connectivity index (χ3v) is 13.4. The fraction of sp³-hybridized carbons (Fsp3) is 0.480. The molecule has 0 amide bonds. The van der Waals surface area contributed by atoms with Gasteiger partial charge in [-0.05, 0) is 107 Å². The van der Waals surface area contributed by atoms with Gasteiger partial charge >= 0.3 is 0 Å². The molecule has 16 nitrogen and oxygen atoms in total. The highest BCUT2D eigenvalue weighted by molar-refractivity contribution is 9.10. The Balaban J connectivity index is 1.07. The molecule has 6 aromatic rings. The van der Waals surface area contributed by atoms with Crippen molar-refractivity contribution in [3.05, 3.63) is 92.8 Å². The Hall–Kier alpha value is -5.14. The number of benzene rings is 2. The molecule has 0 bridgehead atoms. The van der Waals surface area contributed by atoms with Crippen LogP contribution >= 0.6 is 15.9 Å². The largest absolute Gasteiger partial charge is 0.381 e. The van der Waals surface area contributed by atoms with Crippen molar-refractivity contribution in [3.63, 3.8) is 0 Å². The summed E-state index contributed by atoms with van der Waals surface area (Å²) < 4.78 is 17.1. The maximum Gasteiger partial charge on any atom is 0.162 e. The number of halogens is 1. The molecule has 6 N–H and O–H groups in total. The highest BCUT2D eigenvalue weighted by atomic mass is 79.9. The lowest BCUT2D eigenvalue weighted by Gasteiger charge is -2.31. The molecule has 2 atom stereocenters. The summed E-state index contributed by atoms with van der Waals surface area (Å²) in [5.74, 6) is 2.98. The van der Waals surface area contributed by atoms with E-state index in [-0.39, 0.29) is 18.2 Å². The molecule has 2 fully saturated rings. The molecule has 0 radical (unpaired) electrons. The Bertz CT molecular complexity index is 2610. The molecule has 0 aliphatic carbocycles. The lowest BCUT2D eigenvalue weighted by Crippen LogP contribution is -2.37. The molecule has 4 aromatic heterocycles. The van der Waals surface area contributed by atoms with Crippen LogP contribution in [0.1, 0.15) is 59.3 Å². The molecule has 2 aliphatic heterocycles. The van der Waals surface area contributed by atoms with Crippen molar-refractivity contribution < 1.29 is 9.47 Å². The van der Waals surface area contributed by atoms with E-state index < -0.39 is 0 Å². The van der Waals surface area contributed by atoms with Gasteiger partial charge in [0.25, 0.3) is 0 Å². The van der Waals surface area contributed by atoms with Crippen LogP contribution in [-0.2, 0) is 36.2 Å². The second-order valence-electron chi connectivity index (χ2n) is 17.8. The molecule has 0 saturated carbocycles. The van der Waals surface area contributed by atoms with E-state index in [1.165, 1.54) is 11.1 Å². The fourth-order valence-corrected chi connectivity index (χ4v) is 9.48. The molecular formula is C50H67BrN14O2. The van der Waals surface area contributed by atoms with Gasteiger partial charge in [-0.3, -0.25) is 9.36 Å². The van der Waals surface area contributed by atoms with Crippen LogP contribution in [0.15, 0.2) is 59.2 Å². The predicted octanol–water partition coefficient (Wildman–Crippen LogP) is 6.73. The first-order valence-corrected chi connectivity index (χ1v) is 24.5. The van der Waals surface area contributed by atoms with Crippen LogP contribution in [-0.4, -0.2) is 118 Å². The minimum Gasteiger partial charge on any atom is -0.381 e. The van der Waals surface area contributed by atoms with Gasteiger partial charge in [-0.2, -0.15) is 10.2 Å². The standard InChI is InChI=1S/C50H67BrN14O2/c1-31-44(43-33(3)63-64(7)34(43)4)59-49(37-12-8-10-35(24-37)27-54-19-17-52-5)61-47(31)58-40-16-23-67-41(26-40)30-65-46(42(51)29-56-65)45-32(2)48(57-39-14-21-66-22-15-39)62-50(60-45)38-13-9-11-36(25-38)28-55-20-18-53-6/h8-13,24-25,29,39-41,52-55H,14-23,26-28,30H2,1-7H3,(H,57,60,62)(H,58,59,61). The first-order chi connectivity index (χ1) is 32.6. The molecule has 2 unspecified atom stereocenters. The van der Waals surface area contributed by atoms with E-state index >= 15 is 0 Å². The lowest BCUT2D eigenvalue weighted by molar-refractivity contribution is -0.000537. The third kappa shape index (κ3) is 11.8. The summed E-state index contributed by atoms with van der Waals surface area (Å²) in [6.07, 6.45) is 5.16. The van der Waals surface area contributed by atoms with Crippen LogP contribution in [0.3, 0.4) is 0 Å². The van der Waals surface area contributed by atoms with Crippen molar-refractivity contribution in [1.29, 1.82) is 0 Å². The molecule has 0 spiro atoms. The highest BCUT2D eigenvalue weighted by Gasteiger charge is 2.29. The summed E-state index contributed by atoms with van der Waals surface area (Å²) in [6, 6.07) is 17.4. The number of hydrogen-bond donors (Lipinski definition) is 6. The summed E-state index contributed by atoms with van der Waals surface area (Å²) in [4.78, 5) is 21.0. The molecule has 2 aromatic carbocycles. The van der Waals surface area contributed by atoms with E-state index in [2.05, 4.69) is 124 Å². The number of likely N-dealkylation sites (N-methyl/N-ethyl adjacent to an activating group) is 2. The number of ether oxygens (including phenoxy) is 2. The minimum atomic E-state index is -0.124. The number of rotatable bonds is 20. The van der Waals surface area contributed by atoms with Gasteiger partial charge in [-0.15, -0.1) is 0 Å².